The van der Waals surface area contributed by atoms with Crippen molar-refractivity contribution in [3.05, 3.63) is 59.4 Å². The largest absolute Gasteiger partial charge is 0.457 e. The van der Waals surface area contributed by atoms with Crippen LogP contribution >= 0.6 is 11.9 Å². The molecule has 1 saturated heterocycles. The predicted molar refractivity (Wildman–Crippen MR) is 101 cm³/mol. The average molecular weight is 356 g/mol. The minimum absolute atomic E-state index is 0.212. The maximum Gasteiger partial charge on any atom is 0.127 e. The second kappa shape index (κ2) is 7.08. The van der Waals surface area contributed by atoms with Gasteiger partial charge in [0.2, 0.25) is 0 Å². The third kappa shape index (κ3) is 3.52. The Morgan fingerprint density at radius 3 is 2.72 bits per heavy atom. The van der Waals surface area contributed by atoms with E-state index in [4.69, 9.17) is 9.13 Å². The van der Waals surface area contributed by atoms with E-state index in [0.29, 0.717) is 17.2 Å². The summed E-state index contributed by atoms with van der Waals surface area (Å²) in [5, 5.41) is 0. The molecule has 0 radical (unpaired) electrons. The molecular formula is C20H21FN2OS. The maximum atomic E-state index is 13.4. The molecule has 25 heavy (non-hydrogen) atoms. The second-order valence-corrected chi connectivity index (χ2v) is 7.40. The van der Waals surface area contributed by atoms with Crippen molar-refractivity contribution < 1.29 is 9.13 Å². The van der Waals surface area contributed by atoms with E-state index in [1.54, 1.807) is 31.0 Å². The fourth-order valence-corrected chi connectivity index (χ4v) is 4.23. The van der Waals surface area contributed by atoms with Gasteiger partial charge in [0.15, 0.2) is 0 Å². The van der Waals surface area contributed by atoms with Gasteiger partial charge in [-0.25, -0.2) is 8.79 Å². The molecule has 0 saturated carbocycles. The summed E-state index contributed by atoms with van der Waals surface area (Å²) in [4.78, 5) is 2.43. The van der Waals surface area contributed by atoms with E-state index in [0.717, 1.165) is 31.0 Å². The highest BCUT2D eigenvalue weighted by atomic mass is 32.2. The molecule has 2 aliphatic rings. The second-order valence-electron chi connectivity index (χ2n) is 6.55. The van der Waals surface area contributed by atoms with Gasteiger partial charge in [-0.2, -0.15) is 0 Å². The number of nitrogens with zero attached hydrogens (tertiary/aromatic N) is 2. The number of hydrogen-bond donors (Lipinski definition) is 0. The van der Waals surface area contributed by atoms with Crippen molar-refractivity contribution in [2.75, 3.05) is 18.8 Å². The van der Waals surface area contributed by atoms with Crippen molar-refractivity contribution in [2.45, 2.75) is 25.7 Å². The molecule has 0 aromatic heterocycles. The van der Waals surface area contributed by atoms with Gasteiger partial charge < -0.3 is 9.64 Å². The molecule has 0 spiro atoms. The van der Waals surface area contributed by atoms with Crippen LogP contribution in [0.3, 0.4) is 0 Å². The minimum atomic E-state index is -0.212. The molecular weight excluding hydrogens is 335 g/mol. The molecule has 3 nitrogen and oxygen atoms in total. The van der Waals surface area contributed by atoms with Gasteiger partial charge in [0, 0.05) is 24.8 Å². The van der Waals surface area contributed by atoms with Crippen molar-refractivity contribution in [3.8, 4) is 11.5 Å². The van der Waals surface area contributed by atoms with Gasteiger partial charge in [-0.1, -0.05) is 12.1 Å². The van der Waals surface area contributed by atoms with Crippen molar-refractivity contribution in [1.82, 2.24) is 4.90 Å². The van der Waals surface area contributed by atoms with Crippen molar-refractivity contribution >= 4 is 17.8 Å². The molecule has 5 heteroatoms. The summed E-state index contributed by atoms with van der Waals surface area (Å²) in [6.07, 6.45) is 2.36. The van der Waals surface area contributed by atoms with E-state index in [-0.39, 0.29) is 5.82 Å². The minimum Gasteiger partial charge on any atom is -0.457 e. The van der Waals surface area contributed by atoms with E-state index in [1.165, 1.54) is 23.9 Å². The number of aryl methyl sites for hydroxylation is 1. The van der Waals surface area contributed by atoms with E-state index in [1.807, 2.05) is 12.1 Å². The number of ether oxygens (including phenoxy) is 1. The SMILES string of the molecule is Cc1cc(Oc2ccc(C3CCCN4CCSN=C34)cc2)ccc1F. The Balaban J connectivity index is 1.51. The lowest BCUT2D eigenvalue weighted by Crippen LogP contribution is -2.42. The molecule has 1 unspecified atom stereocenters. The maximum absolute atomic E-state index is 13.4. The molecule has 2 heterocycles. The summed E-state index contributed by atoms with van der Waals surface area (Å²) < 4.78 is 23.9. The Morgan fingerprint density at radius 1 is 1.12 bits per heavy atom. The third-order valence-corrected chi connectivity index (χ3v) is 5.50. The predicted octanol–water partition coefficient (Wildman–Crippen LogP) is 5.17. The van der Waals surface area contributed by atoms with Crippen LogP contribution in [0, 0.1) is 12.7 Å². The zero-order valence-electron chi connectivity index (χ0n) is 14.2. The molecule has 0 N–H and O–H groups in total. The lowest BCUT2D eigenvalue weighted by molar-refractivity contribution is 0.371. The molecule has 1 fully saturated rings. The molecule has 2 aromatic carbocycles. The molecule has 1 atom stereocenters. The number of amidine groups is 1. The number of rotatable bonds is 3. The van der Waals surface area contributed by atoms with Crippen molar-refractivity contribution in [2.24, 2.45) is 4.40 Å². The summed E-state index contributed by atoms with van der Waals surface area (Å²) >= 11 is 1.68. The van der Waals surface area contributed by atoms with Gasteiger partial charge in [-0.05, 0) is 73.2 Å². The fourth-order valence-electron chi connectivity index (χ4n) is 3.46. The normalized spacial score (nSPS) is 20.0. The molecule has 4 rings (SSSR count). The fraction of sp³-hybridized carbons (Fsp3) is 0.350. The lowest BCUT2D eigenvalue weighted by atomic mass is 9.89. The molecule has 0 amide bonds. The third-order valence-electron chi connectivity index (χ3n) is 4.81. The molecule has 0 bridgehead atoms. The van der Waals surface area contributed by atoms with Crippen LogP contribution in [0.2, 0.25) is 0 Å². The summed E-state index contributed by atoms with van der Waals surface area (Å²) in [6.45, 7) is 3.97. The van der Waals surface area contributed by atoms with Crippen LogP contribution in [0.25, 0.3) is 0 Å². The Bertz CT molecular complexity index is 791. The Morgan fingerprint density at radius 2 is 1.92 bits per heavy atom. The Kier molecular flexibility index (Phi) is 4.66. The monoisotopic (exact) mass is 356 g/mol. The van der Waals surface area contributed by atoms with Gasteiger partial charge in [-0.15, -0.1) is 0 Å². The van der Waals surface area contributed by atoms with Crippen molar-refractivity contribution in [1.29, 1.82) is 0 Å². The van der Waals surface area contributed by atoms with Crippen LogP contribution in [0.15, 0.2) is 46.9 Å². The van der Waals surface area contributed by atoms with Crippen LogP contribution in [-0.2, 0) is 0 Å². The molecule has 0 aliphatic carbocycles. The highest BCUT2D eigenvalue weighted by Crippen LogP contribution is 2.34. The number of piperidine rings is 1. The molecule has 130 valence electrons. The summed E-state index contributed by atoms with van der Waals surface area (Å²) in [5.74, 6) is 3.90. The topological polar surface area (TPSA) is 24.8 Å². The van der Waals surface area contributed by atoms with Gasteiger partial charge in [0.25, 0.3) is 0 Å². The summed E-state index contributed by atoms with van der Waals surface area (Å²) in [7, 11) is 0. The van der Waals surface area contributed by atoms with Crippen LogP contribution in [0.5, 0.6) is 11.5 Å². The van der Waals surface area contributed by atoms with E-state index >= 15 is 0 Å². The summed E-state index contributed by atoms with van der Waals surface area (Å²) in [6, 6.07) is 13.0. The first kappa shape index (κ1) is 16.5. The van der Waals surface area contributed by atoms with Gasteiger partial charge in [0.1, 0.15) is 23.2 Å². The van der Waals surface area contributed by atoms with Crippen molar-refractivity contribution in [3.63, 3.8) is 0 Å². The Hall–Kier alpha value is -2.01. The zero-order chi connectivity index (χ0) is 17.2. The lowest BCUT2D eigenvalue weighted by Gasteiger charge is -2.37. The van der Waals surface area contributed by atoms with E-state index < -0.39 is 0 Å². The first-order chi connectivity index (χ1) is 12.2. The average Bonchev–Trinajstić information content (AvgIpc) is 2.65. The van der Waals surface area contributed by atoms with Crippen LogP contribution in [-0.4, -0.2) is 29.6 Å². The standard InChI is InChI=1S/C20H21FN2OS/c1-14-13-17(8-9-19(14)21)24-16-6-4-15(5-7-16)18-3-2-10-23-11-12-25-22-20(18)23/h4-9,13,18H,2-3,10-12H2,1H3. The Labute approximate surface area is 152 Å². The smallest absolute Gasteiger partial charge is 0.127 e. The quantitative estimate of drug-likeness (QED) is 0.710. The summed E-state index contributed by atoms with van der Waals surface area (Å²) in [5.41, 5.74) is 1.87. The highest BCUT2D eigenvalue weighted by molar-refractivity contribution is 7.98. The molecule has 2 aliphatic heterocycles. The van der Waals surface area contributed by atoms with Crippen LogP contribution in [0.1, 0.15) is 29.9 Å². The molecule has 2 aromatic rings. The van der Waals surface area contributed by atoms with E-state index in [2.05, 4.69) is 17.0 Å². The van der Waals surface area contributed by atoms with Gasteiger partial charge in [-0.3, -0.25) is 0 Å². The number of hydrogen-bond acceptors (Lipinski definition) is 4. The van der Waals surface area contributed by atoms with Gasteiger partial charge >= 0.3 is 0 Å². The number of halogens is 1. The van der Waals surface area contributed by atoms with Crippen LogP contribution in [0.4, 0.5) is 4.39 Å². The first-order valence-corrected chi connectivity index (χ1v) is 9.64. The number of benzene rings is 2. The number of fused-ring (bicyclic) bond motifs is 1. The zero-order valence-corrected chi connectivity index (χ0v) is 15.1. The van der Waals surface area contributed by atoms with Gasteiger partial charge in [0.05, 0.1) is 0 Å². The van der Waals surface area contributed by atoms with Crippen LogP contribution < -0.4 is 4.74 Å². The first-order valence-electron chi connectivity index (χ1n) is 8.69. The van der Waals surface area contributed by atoms with E-state index in [9.17, 15) is 4.39 Å². The highest BCUT2D eigenvalue weighted by Gasteiger charge is 2.29.